The van der Waals surface area contributed by atoms with Crippen LogP contribution in [0, 0.1) is 0 Å². The minimum atomic E-state index is -4.32. The van der Waals surface area contributed by atoms with Crippen LogP contribution in [-0.2, 0) is 9.59 Å². The molecule has 7 heteroatoms. The molecule has 0 bridgehead atoms. The zero-order chi connectivity index (χ0) is 14.6. The van der Waals surface area contributed by atoms with E-state index in [1.165, 1.54) is 6.92 Å². The van der Waals surface area contributed by atoms with Crippen molar-refractivity contribution >= 4 is 12.4 Å². The Morgan fingerprint density at radius 3 is 2.11 bits per heavy atom. The van der Waals surface area contributed by atoms with Gasteiger partial charge in [0.2, 0.25) is 6.41 Å². The monoisotopic (exact) mass is 269 g/mol. The number of hydrogen-bond donors (Lipinski definition) is 1. The molecule has 1 atom stereocenters. The molecule has 0 saturated carbocycles. The molecule has 0 saturated heterocycles. The highest BCUT2D eigenvalue weighted by Crippen LogP contribution is 2.28. The maximum Gasteiger partial charge on any atom is 0.389 e. The summed E-state index contributed by atoms with van der Waals surface area (Å²) >= 11 is 0. The second kappa shape index (κ2) is 6.06. The number of hydrogen-bond acceptors (Lipinski definition) is 2. The fourth-order valence-electron chi connectivity index (χ4n) is 1.79. The van der Waals surface area contributed by atoms with Gasteiger partial charge in [0.1, 0.15) is 5.54 Å². The molecule has 0 aliphatic carbocycles. The van der Waals surface area contributed by atoms with Gasteiger partial charge in [-0.15, -0.1) is 0 Å². The summed E-state index contributed by atoms with van der Waals surface area (Å²) in [6.07, 6.45) is -5.57. The highest BCUT2D eigenvalue weighted by atomic mass is 19.4. The first-order valence-corrected chi connectivity index (χ1v) is 5.58. The first kappa shape index (κ1) is 16.7. The summed E-state index contributed by atoms with van der Waals surface area (Å²) in [4.78, 5) is 23.1. The summed E-state index contributed by atoms with van der Waals surface area (Å²) in [7, 11) is 0. The number of nitrogens with zero attached hydrogens (tertiary/aromatic N) is 1. The van der Waals surface area contributed by atoms with Gasteiger partial charge in [0.15, 0.2) is 0 Å². The second-order valence-electron chi connectivity index (χ2n) is 4.65. The Morgan fingerprint density at radius 2 is 1.83 bits per heavy atom. The Balaban J connectivity index is 4.83. The van der Waals surface area contributed by atoms with E-state index in [4.69, 9.17) is 5.11 Å². The zero-order valence-corrected chi connectivity index (χ0v) is 10.6. The Morgan fingerprint density at radius 1 is 1.33 bits per heavy atom. The van der Waals surface area contributed by atoms with Crippen LogP contribution in [0.1, 0.15) is 40.0 Å². The van der Waals surface area contributed by atoms with Gasteiger partial charge in [-0.05, 0) is 33.6 Å². The lowest BCUT2D eigenvalue weighted by Gasteiger charge is -2.38. The van der Waals surface area contributed by atoms with Crippen molar-refractivity contribution in [1.82, 2.24) is 4.90 Å². The van der Waals surface area contributed by atoms with Gasteiger partial charge in [-0.25, -0.2) is 4.79 Å². The molecule has 1 unspecified atom stereocenters. The third-order valence-corrected chi connectivity index (χ3v) is 2.82. The van der Waals surface area contributed by atoms with Crippen molar-refractivity contribution in [2.75, 3.05) is 0 Å². The Kier molecular flexibility index (Phi) is 5.63. The lowest BCUT2D eigenvalue weighted by atomic mass is 9.92. The lowest BCUT2D eigenvalue weighted by Crippen LogP contribution is -2.54. The zero-order valence-electron chi connectivity index (χ0n) is 10.6. The Hall–Kier alpha value is -1.27. The largest absolute Gasteiger partial charge is 0.480 e. The number of carboxylic acids is 1. The van der Waals surface area contributed by atoms with Crippen molar-refractivity contribution in [3.8, 4) is 0 Å². The minimum absolute atomic E-state index is 0.237. The van der Waals surface area contributed by atoms with Crippen LogP contribution in [0.5, 0.6) is 0 Å². The molecule has 4 nitrogen and oxygen atoms in total. The van der Waals surface area contributed by atoms with Crippen molar-refractivity contribution in [2.24, 2.45) is 0 Å². The van der Waals surface area contributed by atoms with Crippen LogP contribution in [0.4, 0.5) is 13.2 Å². The number of alkyl halides is 3. The Labute approximate surface area is 104 Å². The summed E-state index contributed by atoms with van der Waals surface area (Å²) in [6.45, 7) is 4.48. The molecular weight excluding hydrogens is 251 g/mol. The van der Waals surface area contributed by atoms with Crippen LogP contribution in [0.25, 0.3) is 0 Å². The van der Waals surface area contributed by atoms with Crippen LogP contribution < -0.4 is 0 Å². The van der Waals surface area contributed by atoms with E-state index in [0.717, 1.165) is 4.90 Å². The fourth-order valence-corrected chi connectivity index (χ4v) is 1.79. The summed E-state index contributed by atoms with van der Waals surface area (Å²) in [5.74, 6) is -1.30. The van der Waals surface area contributed by atoms with Crippen LogP contribution >= 0.6 is 0 Å². The van der Waals surface area contributed by atoms with Gasteiger partial charge in [0.25, 0.3) is 0 Å². The van der Waals surface area contributed by atoms with Crippen LogP contribution in [-0.4, -0.2) is 40.1 Å². The van der Waals surface area contributed by atoms with Gasteiger partial charge in [0, 0.05) is 12.5 Å². The SMILES string of the molecule is CC(C)N(C=O)C(C)(CCCC(F)(F)F)C(=O)O. The molecule has 0 aliphatic heterocycles. The molecule has 0 aromatic carbocycles. The number of carbonyl (C=O) groups excluding carboxylic acids is 1. The normalized spacial score (nSPS) is 15.3. The Bertz CT molecular complexity index is 304. The van der Waals surface area contributed by atoms with Gasteiger partial charge in [-0.2, -0.15) is 13.2 Å². The number of carbonyl (C=O) groups is 2. The van der Waals surface area contributed by atoms with Crippen molar-refractivity contribution in [3.63, 3.8) is 0 Å². The van der Waals surface area contributed by atoms with Gasteiger partial charge in [-0.3, -0.25) is 4.79 Å². The van der Waals surface area contributed by atoms with Crippen molar-refractivity contribution in [3.05, 3.63) is 0 Å². The van der Waals surface area contributed by atoms with Crippen molar-refractivity contribution < 1.29 is 27.9 Å². The van der Waals surface area contributed by atoms with E-state index in [0.29, 0.717) is 6.41 Å². The molecule has 0 spiro atoms. The summed E-state index contributed by atoms with van der Waals surface area (Å²) in [5, 5.41) is 9.13. The molecule has 106 valence electrons. The fraction of sp³-hybridized carbons (Fsp3) is 0.818. The van der Waals surface area contributed by atoms with E-state index >= 15 is 0 Å². The molecular formula is C11H18F3NO3. The minimum Gasteiger partial charge on any atom is -0.480 e. The summed E-state index contributed by atoms with van der Waals surface area (Å²) in [5.41, 5.74) is -1.61. The van der Waals surface area contributed by atoms with Crippen LogP contribution in [0.15, 0.2) is 0 Å². The number of halogens is 3. The van der Waals surface area contributed by atoms with E-state index in [1.54, 1.807) is 13.8 Å². The van der Waals surface area contributed by atoms with Gasteiger partial charge >= 0.3 is 12.1 Å². The summed E-state index contributed by atoms with van der Waals surface area (Å²) < 4.78 is 36.1. The third-order valence-electron chi connectivity index (χ3n) is 2.82. The molecule has 0 rings (SSSR count). The first-order valence-electron chi connectivity index (χ1n) is 5.58. The number of aliphatic carboxylic acids is 1. The van der Waals surface area contributed by atoms with Crippen LogP contribution in [0.3, 0.4) is 0 Å². The van der Waals surface area contributed by atoms with Gasteiger partial charge < -0.3 is 10.0 Å². The number of amides is 1. The topological polar surface area (TPSA) is 57.6 Å². The van der Waals surface area contributed by atoms with Crippen molar-refractivity contribution in [1.29, 1.82) is 0 Å². The predicted molar refractivity (Wildman–Crippen MR) is 59.0 cm³/mol. The predicted octanol–water partition coefficient (Wildman–Crippen LogP) is 2.43. The van der Waals surface area contributed by atoms with Gasteiger partial charge in [-0.1, -0.05) is 0 Å². The van der Waals surface area contributed by atoms with Gasteiger partial charge in [0.05, 0.1) is 0 Å². The average molecular weight is 269 g/mol. The molecule has 0 aromatic rings. The smallest absolute Gasteiger partial charge is 0.389 e. The quantitative estimate of drug-likeness (QED) is 0.722. The van der Waals surface area contributed by atoms with E-state index in [2.05, 4.69) is 0 Å². The standard InChI is InChI=1S/C11H18F3NO3/c1-8(2)15(7-16)10(3,9(17)18)5-4-6-11(12,13)14/h7-8H,4-6H2,1-3H3,(H,17,18). The summed E-state index contributed by atoms with van der Waals surface area (Å²) in [6, 6.07) is -0.394. The van der Waals surface area contributed by atoms with E-state index in [9.17, 15) is 22.8 Å². The van der Waals surface area contributed by atoms with E-state index in [1.807, 2.05) is 0 Å². The van der Waals surface area contributed by atoms with E-state index in [-0.39, 0.29) is 12.8 Å². The molecule has 0 fully saturated rings. The maximum atomic E-state index is 12.0. The first-order chi connectivity index (χ1) is 8.04. The highest BCUT2D eigenvalue weighted by molar-refractivity contribution is 5.81. The van der Waals surface area contributed by atoms with Crippen LogP contribution in [0.2, 0.25) is 0 Å². The third kappa shape index (κ3) is 4.54. The molecule has 0 aliphatic rings. The lowest BCUT2D eigenvalue weighted by molar-refractivity contribution is -0.158. The van der Waals surface area contributed by atoms with E-state index < -0.39 is 30.1 Å². The second-order valence-corrected chi connectivity index (χ2v) is 4.65. The molecule has 18 heavy (non-hydrogen) atoms. The molecule has 1 N–H and O–H groups in total. The average Bonchev–Trinajstić information content (AvgIpc) is 2.15. The molecule has 1 amide bonds. The number of rotatable bonds is 7. The molecule has 0 aromatic heterocycles. The van der Waals surface area contributed by atoms with Crippen molar-refractivity contribution in [2.45, 2.75) is 57.8 Å². The molecule has 0 heterocycles. The maximum absolute atomic E-state index is 12.0. The number of carboxylic acid groups (broad SMARTS) is 1. The molecule has 0 radical (unpaired) electrons. The highest BCUT2D eigenvalue weighted by Gasteiger charge is 2.41.